The molecule has 4 rings (SSSR count). The predicted octanol–water partition coefficient (Wildman–Crippen LogP) is 1.57. The topological polar surface area (TPSA) is 87.2 Å². The molecule has 0 unspecified atom stereocenters. The van der Waals surface area contributed by atoms with Crippen molar-refractivity contribution in [2.75, 3.05) is 0 Å². The van der Waals surface area contributed by atoms with Crippen molar-refractivity contribution in [3.8, 4) is 0 Å². The van der Waals surface area contributed by atoms with E-state index < -0.39 is 0 Å². The van der Waals surface area contributed by atoms with Gasteiger partial charge in [0.05, 0.1) is 34.4 Å². The van der Waals surface area contributed by atoms with Crippen molar-refractivity contribution in [3.05, 3.63) is 37.7 Å². The summed E-state index contributed by atoms with van der Waals surface area (Å²) in [5, 5.41) is 0. The van der Waals surface area contributed by atoms with E-state index in [4.69, 9.17) is 0 Å². The van der Waals surface area contributed by atoms with Gasteiger partial charge in [0.2, 0.25) is 0 Å². The van der Waals surface area contributed by atoms with Crippen LogP contribution >= 0.6 is 22.0 Å². The highest BCUT2D eigenvalue weighted by Gasteiger charge is 2.08. The third-order valence-corrected chi connectivity index (χ3v) is 4.65. The van der Waals surface area contributed by atoms with Gasteiger partial charge in [-0.25, -0.2) is 37.8 Å². The largest absolute Gasteiger partial charge is 0.245 e. The second kappa shape index (κ2) is 4.72. The highest BCUT2D eigenvalue weighted by atomic mass is 33.1. The minimum Gasteiger partial charge on any atom is -0.245 e. The summed E-state index contributed by atoms with van der Waals surface area (Å²) in [4.78, 5) is 24.8. The van der Waals surface area contributed by atoms with Crippen molar-refractivity contribution in [1.82, 2.24) is 37.8 Å². The van der Waals surface area contributed by atoms with Crippen LogP contribution in [0.5, 0.6) is 0 Å². The fourth-order valence-electron chi connectivity index (χ4n) is 1.67. The monoisotopic (exact) mass is 302 g/mol. The summed E-state index contributed by atoms with van der Waals surface area (Å²) in [5.41, 5.74) is 3.07. The van der Waals surface area contributed by atoms with Crippen molar-refractivity contribution < 1.29 is 0 Å². The molecule has 10 heteroatoms. The number of aromatic nitrogens is 8. The Morgan fingerprint density at radius 2 is 1.20 bits per heavy atom. The van der Waals surface area contributed by atoms with Crippen LogP contribution in [0.3, 0.4) is 0 Å². The molecule has 4 heterocycles. The first-order valence-corrected chi connectivity index (χ1v) is 7.60. The molecule has 8 nitrogen and oxygen atoms in total. The molecule has 0 aliphatic carbocycles. The van der Waals surface area contributed by atoms with E-state index in [2.05, 4.69) is 29.9 Å². The number of hydrogen-bond acceptors (Lipinski definition) is 8. The van der Waals surface area contributed by atoms with E-state index in [0.29, 0.717) is 0 Å². The van der Waals surface area contributed by atoms with E-state index in [1.54, 1.807) is 25.0 Å². The highest BCUT2D eigenvalue weighted by Crippen LogP contribution is 2.29. The van der Waals surface area contributed by atoms with E-state index in [0.717, 1.165) is 22.3 Å². The Morgan fingerprint density at radius 3 is 1.70 bits per heavy atom. The van der Waals surface area contributed by atoms with E-state index in [9.17, 15) is 0 Å². The Morgan fingerprint density at radius 1 is 0.700 bits per heavy atom. The molecule has 0 N–H and O–H groups in total. The van der Waals surface area contributed by atoms with Crippen LogP contribution in [0.25, 0.3) is 22.3 Å². The van der Waals surface area contributed by atoms with Gasteiger partial charge in [-0.3, -0.25) is 0 Å². The Labute approximate surface area is 120 Å². The molecule has 0 bridgehead atoms. The van der Waals surface area contributed by atoms with Crippen LogP contribution in [0.2, 0.25) is 0 Å². The average Bonchev–Trinajstić information content (AvgIpc) is 3.09. The van der Waals surface area contributed by atoms with Gasteiger partial charge in [-0.15, -0.1) is 0 Å². The summed E-state index contributed by atoms with van der Waals surface area (Å²) in [7, 11) is 2.94. The summed E-state index contributed by atoms with van der Waals surface area (Å²) >= 11 is 0. The second-order valence-corrected chi connectivity index (χ2v) is 5.73. The lowest BCUT2D eigenvalue weighted by Crippen LogP contribution is -1.89. The number of nitrogens with zero attached hydrogens (tertiary/aromatic N) is 8. The van der Waals surface area contributed by atoms with Gasteiger partial charge in [-0.2, -0.15) is 0 Å². The highest BCUT2D eigenvalue weighted by molar-refractivity contribution is 8.75. The molecule has 0 saturated carbocycles. The molecular formula is C10H6N8S2. The quantitative estimate of drug-likeness (QED) is 0.527. The van der Waals surface area contributed by atoms with Gasteiger partial charge in [0.15, 0.2) is 11.3 Å². The molecule has 0 aromatic carbocycles. The molecule has 4 aromatic heterocycles. The van der Waals surface area contributed by atoms with Gasteiger partial charge in [0.1, 0.15) is 36.3 Å². The van der Waals surface area contributed by atoms with Gasteiger partial charge in [-0.05, 0) is 0 Å². The maximum atomic E-state index is 4.23. The lowest BCUT2D eigenvalue weighted by molar-refractivity contribution is 1.18. The lowest BCUT2D eigenvalue weighted by atomic mass is 10.6. The van der Waals surface area contributed by atoms with E-state index in [-0.39, 0.29) is 0 Å². The van der Waals surface area contributed by atoms with Crippen LogP contribution in [-0.4, -0.2) is 37.8 Å². The maximum absolute atomic E-state index is 4.23. The smallest absolute Gasteiger partial charge is 0.174 e. The molecule has 0 aliphatic rings. The van der Waals surface area contributed by atoms with Crippen molar-refractivity contribution >= 4 is 44.3 Å². The molecule has 0 atom stereocenters. The maximum Gasteiger partial charge on any atom is 0.174 e. The van der Waals surface area contributed by atoms with Gasteiger partial charge in [0, 0.05) is 0 Å². The SMILES string of the molecule is c1ncc2ncn(SSn3cnc4cncnc43)c2n1. The average molecular weight is 302 g/mol. The molecule has 0 radical (unpaired) electrons. The molecule has 0 fully saturated rings. The first-order chi connectivity index (χ1) is 9.92. The van der Waals surface area contributed by atoms with Crippen LogP contribution in [0.1, 0.15) is 0 Å². The first kappa shape index (κ1) is 11.6. The van der Waals surface area contributed by atoms with Crippen molar-refractivity contribution in [3.63, 3.8) is 0 Å². The molecule has 0 spiro atoms. The van der Waals surface area contributed by atoms with Crippen LogP contribution in [-0.2, 0) is 0 Å². The number of rotatable bonds is 3. The first-order valence-electron chi connectivity index (χ1n) is 5.53. The van der Waals surface area contributed by atoms with Crippen LogP contribution in [0, 0.1) is 0 Å². The van der Waals surface area contributed by atoms with E-state index in [1.165, 1.54) is 34.6 Å². The molecule has 98 valence electrons. The Kier molecular flexibility index (Phi) is 2.74. The molecule has 0 saturated heterocycles. The normalized spacial score (nSPS) is 11.4. The summed E-state index contributed by atoms with van der Waals surface area (Å²) in [6.45, 7) is 0. The minimum absolute atomic E-state index is 0.762. The second-order valence-electron chi connectivity index (χ2n) is 3.75. The number of hydrogen-bond donors (Lipinski definition) is 0. The van der Waals surface area contributed by atoms with Gasteiger partial charge < -0.3 is 0 Å². The predicted molar refractivity (Wildman–Crippen MR) is 76.6 cm³/mol. The third-order valence-electron chi connectivity index (χ3n) is 2.56. The summed E-state index contributed by atoms with van der Waals surface area (Å²) < 4.78 is 3.74. The standard InChI is InChI=1S/C10H6N8S2/c1-7-9(13-3-11-1)17(5-15-7)19-20-18-6-16-8-2-12-4-14-10(8)18/h1-6H. The van der Waals surface area contributed by atoms with E-state index >= 15 is 0 Å². The fourth-order valence-corrected chi connectivity index (χ4v) is 3.50. The molecular weight excluding hydrogens is 296 g/mol. The third kappa shape index (κ3) is 1.89. The molecule has 20 heavy (non-hydrogen) atoms. The van der Waals surface area contributed by atoms with Crippen LogP contribution in [0.4, 0.5) is 0 Å². The zero-order chi connectivity index (χ0) is 13.4. The Balaban J connectivity index is 1.64. The van der Waals surface area contributed by atoms with Gasteiger partial charge in [0.25, 0.3) is 0 Å². The van der Waals surface area contributed by atoms with Gasteiger partial charge in [-0.1, -0.05) is 0 Å². The molecule has 0 amide bonds. The zero-order valence-corrected chi connectivity index (χ0v) is 11.5. The van der Waals surface area contributed by atoms with Gasteiger partial charge >= 0.3 is 0 Å². The Bertz CT molecular complexity index is 811. The minimum atomic E-state index is 0.762. The van der Waals surface area contributed by atoms with Crippen molar-refractivity contribution in [1.29, 1.82) is 0 Å². The summed E-state index contributed by atoms with van der Waals surface area (Å²) in [5.74, 6) is 0. The summed E-state index contributed by atoms with van der Waals surface area (Å²) in [6, 6.07) is 0. The Hall–Kier alpha value is -2.20. The lowest BCUT2D eigenvalue weighted by Gasteiger charge is -2.02. The molecule has 4 aromatic rings. The van der Waals surface area contributed by atoms with E-state index in [1.807, 2.05) is 7.94 Å². The van der Waals surface area contributed by atoms with Crippen LogP contribution < -0.4 is 0 Å². The molecule has 0 aliphatic heterocycles. The fraction of sp³-hybridized carbons (Fsp3) is 0. The zero-order valence-electron chi connectivity index (χ0n) is 9.86. The number of fused-ring (bicyclic) bond motifs is 2. The van der Waals surface area contributed by atoms with Crippen molar-refractivity contribution in [2.45, 2.75) is 0 Å². The summed E-state index contributed by atoms with van der Waals surface area (Å²) in [6.07, 6.45) is 9.81. The number of imidazole rings is 2. The van der Waals surface area contributed by atoms with Crippen LogP contribution in [0.15, 0.2) is 37.7 Å². The van der Waals surface area contributed by atoms with Crippen molar-refractivity contribution in [2.24, 2.45) is 0 Å².